The number of aliphatic imine (C=N–C) groups is 1. The van der Waals surface area contributed by atoms with Crippen molar-refractivity contribution in [3.8, 4) is 0 Å². The summed E-state index contributed by atoms with van der Waals surface area (Å²) in [5.74, 6) is 1.21. The van der Waals surface area contributed by atoms with E-state index in [0.717, 1.165) is 25.9 Å². The standard InChI is InChI=1S/C13H18N2.HI/c1-2-6-12(7-3-1)9-11-15-13-8-4-5-10-14-13;/h1-3,6-7H,4-5,8-11H2,(H,14,15);1H. The lowest BCUT2D eigenvalue weighted by Gasteiger charge is -2.13. The van der Waals surface area contributed by atoms with Gasteiger partial charge in [0.05, 0.1) is 5.84 Å². The molecule has 2 rings (SSSR count). The molecule has 0 radical (unpaired) electrons. The Morgan fingerprint density at radius 2 is 1.94 bits per heavy atom. The van der Waals surface area contributed by atoms with Gasteiger partial charge >= 0.3 is 0 Å². The molecule has 0 saturated carbocycles. The molecule has 1 aliphatic rings. The summed E-state index contributed by atoms with van der Waals surface area (Å²) >= 11 is 0. The van der Waals surface area contributed by atoms with Crippen LogP contribution in [0.5, 0.6) is 0 Å². The normalized spacial score (nSPS) is 14.9. The number of nitrogens with one attached hydrogen (secondary N) is 1. The lowest BCUT2D eigenvalue weighted by atomic mass is 10.1. The SMILES string of the molecule is I.c1ccc(CCNC2=NCCCC2)cc1. The van der Waals surface area contributed by atoms with E-state index in [0.29, 0.717) is 0 Å². The number of amidine groups is 1. The fourth-order valence-corrected chi connectivity index (χ4v) is 1.84. The topological polar surface area (TPSA) is 24.4 Å². The van der Waals surface area contributed by atoms with Crippen LogP contribution in [0.15, 0.2) is 35.3 Å². The first-order valence-corrected chi connectivity index (χ1v) is 5.76. The molecule has 1 aromatic carbocycles. The average molecular weight is 330 g/mol. The second-order valence-electron chi connectivity index (χ2n) is 3.95. The third-order valence-corrected chi connectivity index (χ3v) is 2.71. The highest BCUT2D eigenvalue weighted by Crippen LogP contribution is 2.04. The van der Waals surface area contributed by atoms with Crippen LogP contribution in [0.1, 0.15) is 24.8 Å². The largest absolute Gasteiger partial charge is 0.374 e. The van der Waals surface area contributed by atoms with Crippen LogP contribution in [0.4, 0.5) is 0 Å². The van der Waals surface area contributed by atoms with Gasteiger partial charge < -0.3 is 5.32 Å². The molecule has 0 spiro atoms. The predicted octanol–water partition coefficient (Wildman–Crippen LogP) is 3.02. The summed E-state index contributed by atoms with van der Waals surface area (Å²) in [6.45, 7) is 2.01. The molecule has 0 unspecified atom stereocenters. The van der Waals surface area contributed by atoms with Gasteiger partial charge in [-0.25, -0.2) is 0 Å². The summed E-state index contributed by atoms with van der Waals surface area (Å²) in [4.78, 5) is 4.47. The Morgan fingerprint density at radius 1 is 1.12 bits per heavy atom. The fourth-order valence-electron chi connectivity index (χ4n) is 1.84. The second kappa shape index (κ2) is 7.65. The number of halogens is 1. The van der Waals surface area contributed by atoms with Gasteiger partial charge in [-0.3, -0.25) is 4.99 Å². The monoisotopic (exact) mass is 330 g/mol. The molecule has 2 nitrogen and oxygen atoms in total. The summed E-state index contributed by atoms with van der Waals surface area (Å²) < 4.78 is 0. The molecule has 0 fully saturated rings. The van der Waals surface area contributed by atoms with E-state index in [1.54, 1.807) is 0 Å². The number of rotatable bonds is 3. The zero-order chi connectivity index (χ0) is 10.3. The summed E-state index contributed by atoms with van der Waals surface area (Å²) in [6.07, 6.45) is 4.76. The molecule has 1 N–H and O–H groups in total. The van der Waals surface area contributed by atoms with Gasteiger partial charge in [-0.05, 0) is 24.8 Å². The highest BCUT2D eigenvalue weighted by atomic mass is 127. The Morgan fingerprint density at radius 3 is 2.62 bits per heavy atom. The summed E-state index contributed by atoms with van der Waals surface area (Å²) in [6, 6.07) is 10.6. The molecule has 0 saturated heterocycles. The highest BCUT2D eigenvalue weighted by molar-refractivity contribution is 14.0. The zero-order valence-corrected chi connectivity index (χ0v) is 11.8. The maximum atomic E-state index is 4.47. The minimum atomic E-state index is 0. The highest BCUT2D eigenvalue weighted by Gasteiger charge is 2.03. The molecule has 0 aromatic heterocycles. The van der Waals surface area contributed by atoms with E-state index in [9.17, 15) is 0 Å². The van der Waals surface area contributed by atoms with Crippen LogP contribution in [0.25, 0.3) is 0 Å². The number of nitrogens with zero attached hydrogens (tertiary/aromatic N) is 1. The first-order chi connectivity index (χ1) is 7.45. The van der Waals surface area contributed by atoms with Crippen molar-refractivity contribution in [2.45, 2.75) is 25.7 Å². The van der Waals surface area contributed by atoms with Crippen molar-refractivity contribution in [2.24, 2.45) is 4.99 Å². The lowest BCUT2D eigenvalue weighted by molar-refractivity contribution is 0.704. The molecule has 0 amide bonds. The molecular weight excluding hydrogens is 311 g/mol. The smallest absolute Gasteiger partial charge is 0.0963 e. The van der Waals surface area contributed by atoms with E-state index in [1.807, 2.05) is 0 Å². The van der Waals surface area contributed by atoms with Gasteiger partial charge in [0.15, 0.2) is 0 Å². The third-order valence-electron chi connectivity index (χ3n) is 2.71. The molecule has 0 aliphatic carbocycles. The van der Waals surface area contributed by atoms with Crippen LogP contribution in [0.3, 0.4) is 0 Å². The first-order valence-electron chi connectivity index (χ1n) is 5.76. The Balaban J connectivity index is 0.00000128. The Labute approximate surface area is 115 Å². The van der Waals surface area contributed by atoms with E-state index in [2.05, 4.69) is 40.6 Å². The molecule has 16 heavy (non-hydrogen) atoms. The molecule has 0 bridgehead atoms. The van der Waals surface area contributed by atoms with E-state index >= 15 is 0 Å². The van der Waals surface area contributed by atoms with Crippen LogP contribution in [-0.2, 0) is 6.42 Å². The van der Waals surface area contributed by atoms with Crippen molar-refractivity contribution in [1.82, 2.24) is 5.32 Å². The minimum absolute atomic E-state index is 0. The molecule has 3 heteroatoms. The Kier molecular flexibility index (Phi) is 6.45. The van der Waals surface area contributed by atoms with E-state index in [-0.39, 0.29) is 24.0 Å². The van der Waals surface area contributed by atoms with Crippen LogP contribution in [-0.4, -0.2) is 18.9 Å². The van der Waals surface area contributed by atoms with Gasteiger partial charge in [-0.15, -0.1) is 24.0 Å². The second-order valence-corrected chi connectivity index (χ2v) is 3.95. The van der Waals surface area contributed by atoms with Crippen molar-refractivity contribution in [3.05, 3.63) is 35.9 Å². The quantitative estimate of drug-likeness (QED) is 0.847. The van der Waals surface area contributed by atoms with E-state index in [1.165, 1.54) is 24.2 Å². The maximum Gasteiger partial charge on any atom is 0.0963 e. The minimum Gasteiger partial charge on any atom is -0.374 e. The molecule has 88 valence electrons. The van der Waals surface area contributed by atoms with Gasteiger partial charge in [0.25, 0.3) is 0 Å². The van der Waals surface area contributed by atoms with Crippen LogP contribution >= 0.6 is 24.0 Å². The lowest BCUT2D eigenvalue weighted by Crippen LogP contribution is -2.27. The maximum absolute atomic E-state index is 4.47. The van der Waals surface area contributed by atoms with E-state index in [4.69, 9.17) is 0 Å². The molecule has 0 atom stereocenters. The molecule has 1 aromatic rings. The Bertz CT molecular complexity index is 322. The number of hydrogen-bond acceptors (Lipinski definition) is 2. The van der Waals surface area contributed by atoms with Crippen LogP contribution < -0.4 is 5.32 Å². The summed E-state index contributed by atoms with van der Waals surface area (Å²) in [7, 11) is 0. The van der Waals surface area contributed by atoms with Crippen molar-refractivity contribution in [1.29, 1.82) is 0 Å². The molecule has 1 heterocycles. The van der Waals surface area contributed by atoms with Crippen molar-refractivity contribution < 1.29 is 0 Å². The van der Waals surface area contributed by atoms with E-state index < -0.39 is 0 Å². The predicted molar refractivity (Wildman–Crippen MR) is 79.7 cm³/mol. The molecular formula is C13H19IN2. The van der Waals surface area contributed by atoms with Gasteiger partial charge in [0.2, 0.25) is 0 Å². The molecule has 1 aliphatic heterocycles. The van der Waals surface area contributed by atoms with Crippen LogP contribution in [0, 0.1) is 0 Å². The number of hydrogen-bond donors (Lipinski definition) is 1. The van der Waals surface area contributed by atoms with Crippen molar-refractivity contribution >= 4 is 29.8 Å². The average Bonchev–Trinajstić information content (AvgIpc) is 2.32. The van der Waals surface area contributed by atoms with Gasteiger partial charge in [0.1, 0.15) is 0 Å². The van der Waals surface area contributed by atoms with Crippen molar-refractivity contribution in [2.75, 3.05) is 13.1 Å². The van der Waals surface area contributed by atoms with Gasteiger partial charge in [0, 0.05) is 19.5 Å². The third kappa shape index (κ3) is 4.51. The van der Waals surface area contributed by atoms with Crippen LogP contribution in [0.2, 0.25) is 0 Å². The summed E-state index contributed by atoms with van der Waals surface area (Å²) in [5.41, 5.74) is 1.39. The van der Waals surface area contributed by atoms with Gasteiger partial charge in [-0.2, -0.15) is 0 Å². The summed E-state index contributed by atoms with van der Waals surface area (Å²) in [5, 5.41) is 3.42. The van der Waals surface area contributed by atoms with Gasteiger partial charge in [-0.1, -0.05) is 30.3 Å². The number of benzene rings is 1. The van der Waals surface area contributed by atoms with Crippen molar-refractivity contribution in [3.63, 3.8) is 0 Å². The zero-order valence-electron chi connectivity index (χ0n) is 9.48. The Hall–Kier alpha value is -0.580. The first kappa shape index (κ1) is 13.5. The fraction of sp³-hybridized carbons (Fsp3) is 0.462.